The summed E-state index contributed by atoms with van der Waals surface area (Å²) in [6.45, 7) is 1.03. The van der Waals surface area contributed by atoms with Gasteiger partial charge >= 0.3 is 0 Å². The molecule has 2 aromatic carbocycles. The van der Waals surface area contributed by atoms with Gasteiger partial charge in [-0.15, -0.1) is 0 Å². The molecular formula is C24H21N3O2. The van der Waals surface area contributed by atoms with E-state index < -0.39 is 0 Å². The predicted octanol–water partition coefficient (Wildman–Crippen LogP) is 5.13. The van der Waals surface area contributed by atoms with Gasteiger partial charge in [-0.2, -0.15) is 0 Å². The number of anilines is 2. The fraction of sp³-hybridized carbons (Fsp3) is 0.0833. The standard InChI is InChI=1S/C24H21N3O2/c28-24(20-13-14-23(25-16-20)26-17-22-12-7-15-29-22)27(21-10-5-2-6-11-21)18-19-8-3-1-4-9-19/h1-16H,17-18H2,(H,25,26). The highest BCUT2D eigenvalue weighted by Crippen LogP contribution is 2.20. The number of para-hydroxylation sites is 1. The Morgan fingerprint density at radius 3 is 2.31 bits per heavy atom. The number of pyridine rings is 1. The monoisotopic (exact) mass is 383 g/mol. The van der Waals surface area contributed by atoms with E-state index in [1.54, 1.807) is 23.4 Å². The number of carbonyl (C=O) groups is 1. The minimum absolute atomic E-state index is 0.0925. The second-order valence-electron chi connectivity index (χ2n) is 6.58. The molecule has 29 heavy (non-hydrogen) atoms. The zero-order chi connectivity index (χ0) is 19.9. The summed E-state index contributed by atoms with van der Waals surface area (Å²) in [7, 11) is 0. The molecular weight excluding hydrogens is 362 g/mol. The fourth-order valence-corrected chi connectivity index (χ4v) is 3.03. The summed E-state index contributed by atoms with van der Waals surface area (Å²) in [6.07, 6.45) is 3.24. The lowest BCUT2D eigenvalue weighted by Gasteiger charge is -2.23. The Kier molecular flexibility index (Phi) is 5.67. The molecule has 0 aliphatic rings. The first-order chi connectivity index (χ1) is 14.3. The molecule has 1 N–H and O–H groups in total. The maximum atomic E-state index is 13.3. The van der Waals surface area contributed by atoms with E-state index in [4.69, 9.17) is 4.42 Å². The third kappa shape index (κ3) is 4.71. The number of rotatable bonds is 7. The van der Waals surface area contributed by atoms with Crippen LogP contribution >= 0.6 is 0 Å². The lowest BCUT2D eigenvalue weighted by atomic mass is 10.1. The normalized spacial score (nSPS) is 10.5. The average Bonchev–Trinajstić information content (AvgIpc) is 3.31. The summed E-state index contributed by atoms with van der Waals surface area (Å²) < 4.78 is 5.30. The maximum Gasteiger partial charge on any atom is 0.260 e. The van der Waals surface area contributed by atoms with Gasteiger partial charge in [-0.05, 0) is 42.0 Å². The Balaban J connectivity index is 1.52. The minimum atomic E-state index is -0.0925. The zero-order valence-corrected chi connectivity index (χ0v) is 15.9. The second kappa shape index (κ2) is 8.89. The summed E-state index contributed by atoms with van der Waals surface area (Å²) >= 11 is 0. The highest BCUT2D eigenvalue weighted by atomic mass is 16.3. The molecule has 0 spiro atoms. The number of hydrogen-bond acceptors (Lipinski definition) is 4. The third-order valence-electron chi connectivity index (χ3n) is 4.53. The van der Waals surface area contributed by atoms with E-state index in [0.29, 0.717) is 24.5 Å². The highest BCUT2D eigenvalue weighted by Gasteiger charge is 2.18. The van der Waals surface area contributed by atoms with Crippen molar-refractivity contribution in [3.8, 4) is 0 Å². The molecule has 0 saturated carbocycles. The number of amides is 1. The van der Waals surface area contributed by atoms with Crippen LogP contribution in [0.3, 0.4) is 0 Å². The first-order valence-corrected chi connectivity index (χ1v) is 9.43. The Hall–Kier alpha value is -3.86. The van der Waals surface area contributed by atoms with Crippen LogP contribution in [0, 0.1) is 0 Å². The summed E-state index contributed by atoms with van der Waals surface area (Å²) in [5, 5.41) is 3.18. The highest BCUT2D eigenvalue weighted by molar-refractivity contribution is 6.05. The summed E-state index contributed by atoms with van der Waals surface area (Å²) in [5.41, 5.74) is 2.45. The molecule has 0 bridgehead atoms. The van der Waals surface area contributed by atoms with Crippen molar-refractivity contribution in [2.75, 3.05) is 10.2 Å². The zero-order valence-electron chi connectivity index (χ0n) is 15.9. The van der Waals surface area contributed by atoms with Crippen LogP contribution in [-0.4, -0.2) is 10.9 Å². The largest absolute Gasteiger partial charge is 0.467 e. The van der Waals surface area contributed by atoms with Gasteiger partial charge in [0.05, 0.1) is 24.9 Å². The van der Waals surface area contributed by atoms with Crippen molar-refractivity contribution in [3.63, 3.8) is 0 Å². The molecule has 4 rings (SSSR count). The SMILES string of the molecule is O=C(c1ccc(NCc2ccco2)nc1)N(Cc1ccccc1)c1ccccc1. The van der Waals surface area contributed by atoms with E-state index in [2.05, 4.69) is 10.3 Å². The van der Waals surface area contributed by atoms with Crippen molar-refractivity contribution in [1.82, 2.24) is 4.98 Å². The van der Waals surface area contributed by atoms with E-state index in [1.807, 2.05) is 78.9 Å². The number of aromatic nitrogens is 1. The minimum Gasteiger partial charge on any atom is -0.467 e. The second-order valence-corrected chi connectivity index (χ2v) is 6.58. The number of benzene rings is 2. The summed E-state index contributed by atoms with van der Waals surface area (Å²) in [5.74, 6) is 1.42. The quantitative estimate of drug-likeness (QED) is 0.480. The molecule has 144 valence electrons. The van der Waals surface area contributed by atoms with Crippen LogP contribution in [0.4, 0.5) is 11.5 Å². The van der Waals surface area contributed by atoms with E-state index in [1.165, 1.54) is 0 Å². The van der Waals surface area contributed by atoms with Crippen LogP contribution in [0.15, 0.2) is 102 Å². The van der Waals surface area contributed by atoms with Gasteiger partial charge in [-0.25, -0.2) is 4.98 Å². The molecule has 5 heteroatoms. The Morgan fingerprint density at radius 1 is 0.897 bits per heavy atom. The van der Waals surface area contributed by atoms with E-state index in [0.717, 1.165) is 17.0 Å². The third-order valence-corrected chi connectivity index (χ3v) is 4.53. The molecule has 2 aromatic heterocycles. The number of nitrogens with one attached hydrogen (secondary N) is 1. The Bertz CT molecular complexity index is 1030. The molecule has 0 atom stereocenters. The topological polar surface area (TPSA) is 58.4 Å². The van der Waals surface area contributed by atoms with Crippen LogP contribution in [-0.2, 0) is 13.1 Å². The van der Waals surface area contributed by atoms with E-state index >= 15 is 0 Å². The van der Waals surface area contributed by atoms with Crippen molar-refractivity contribution in [2.24, 2.45) is 0 Å². The Labute approximate surface area is 169 Å². The Morgan fingerprint density at radius 2 is 1.66 bits per heavy atom. The number of carbonyl (C=O) groups excluding carboxylic acids is 1. The van der Waals surface area contributed by atoms with Crippen LogP contribution < -0.4 is 10.2 Å². The van der Waals surface area contributed by atoms with Gasteiger partial charge in [0.2, 0.25) is 0 Å². The molecule has 0 radical (unpaired) electrons. The first kappa shape index (κ1) is 18.5. The van der Waals surface area contributed by atoms with Crippen LogP contribution in [0.2, 0.25) is 0 Å². The van der Waals surface area contributed by atoms with Crippen molar-refractivity contribution in [2.45, 2.75) is 13.1 Å². The van der Waals surface area contributed by atoms with Gasteiger partial charge in [0.15, 0.2) is 0 Å². The van der Waals surface area contributed by atoms with Gasteiger partial charge in [0.1, 0.15) is 11.6 Å². The van der Waals surface area contributed by atoms with E-state index in [9.17, 15) is 4.79 Å². The molecule has 5 nitrogen and oxygen atoms in total. The van der Waals surface area contributed by atoms with Crippen LogP contribution in [0.1, 0.15) is 21.7 Å². The molecule has 4 aromatic rings. The van der Waals surface area contributed by atoms with Gasteiger partial charge in [-0.3, -0.25) is 4.79 Å². The van der Waals surface area contributed by atoms with E-state index in [-0.39, 0.29) is 5.91 Å². The van der Waals surface area contributed by atoms with Gasteiger partial charge < -0.3 is 14.6 Å². The van der Waals surface area contributed by atoms with Crippen LogP contribution in [0.5, 0.6) is 0 Å². The molecule has 0 aliphatic carbocycles. The molecule has 2 heterocycles. The number of hydrogen-bond donors (Lipinski definition) is 1. The fourth-order valence-electron chi connectivity index (χ4n) is 3.03. The molecule has 1 amide bonds. The predicted molar refractivity (Wildman–Crippen MR) is 114 cm³/mol. The number of nitrogens with zero attached hydrogens (tertiary/aromatic N) is 2. The summed E-state index contributed by atoms with van der Waals surface area (Å²) in [4.78, 5) is 19.4. The maximum absolute atomic E-state index is 13.3. The lowest BCUT2D eigenvalue weighted by molar-refractivity contribution is 0.0985. The van der Waals surface area contributed by atoms with Crippen molar-refractivity contribution >= 4 is 17.4 Å². The summed E-state index contributed by atoms with van der Waals surface area (Å²) in [6, 6.07) is 27.0. The van der Waals surface area contributed by atoms with Gasteiger partial charge in [0, 0.05) is 11.9 Å². The van der Waals surface area contributed by atoms with Gasteiger partial charge in [-0.1, -0.05) is 48.5 Å². The van der Waals surface area contributed by atoms with Crippen molar-refractivity contribution in [3.05, 3.63) is 114 Å². The molecule has 0 fully saturated rings. The molecule has 0 saturated heterocycles. The first-order valence-electron chi connectivity index (χ1n) is 9.43. The van der Waals surface area contributed by atoms with Crippen LogP contribution in [0.25, 0.3) is 0 Å². The lowest BCUT2D eigenvalue weighted by Crippen LogP contribution is -2.30. The van der Waals surface area contributed by atoms with Crippen molar-refractivity contribution in [1.29, 1.82) is 0 Å². The van der Waals surface area contributed by atoms with Gasteiger partial charge in [0.25, 0.3) is 5.91 Å². The molecule has 0 unspecified atom stereocenters. The average molecular weight is 383 g/mol. The number of furan rings is 1. The molecule has 0 aliphatic heterocycles. The van der Waals surface area contributed by atoms with Crippen molar-refractivity contribution < 1.29 is 9.21 Å². The smallest absolute Gasteiger partial charge is 0.260 e.